The molecule has 4 aromatic rings. The molecule has 0 unspecified atom stereocenters. The first-order valence-electron chi connectivity index (χ1n) is 7.17. The lowest BCUT2D eigenvalue weighted by molar-refractivity contribution is 0.976. The lowest BCUT2D eigenvalue weighted by Gasteiger charge is -2.01. The lowest BCUT2D eigenvalue weighted by atomic mass is 10.1. The lowest BCUT2D eigenvalue weighted by Crippen LogP contribution is -2.11. The Hall–Kier alpha value is -3.28. The molecule has 2 N–H and O–H groups in total. The first-order valence-corrected chi connectivity index (χ1v) is 7.17. The van der Waals surface area contributed by atoms with E-state index in [-0.39, 0.29) is 5.56 Å². The number of benzene rings is 1. The molecule has 1 aromatic carbocycles. The number of pyridine rings is 1. The summed E-state index contributed by atoms with van der Waals surface area (Å²) in [4.78, 5) is 23.3. The number of nitrogens with one attached hydrogen (secondary N) is 2. The third-order valence-electron chi connectivity index (χ3n) is 3.72. The average Bonchev–Trinajstić information content (AvgIpc) is 3.01. The fourth-order valence-electron chi connectivity index (χ4n) is 2.47. The van der Waals surface area contributed by atoms with E-state index < -0.39 is 0 Å². The number of nitrogens with zero attached hydrogens (tertiary/aromatic N) is 3. The van der Waals surface area contributed by atoms with Crippen molar-refractivity contribution in [1.82, 2.24) is 25.1 Å². The zero-order valence-corrected chi connectivity index (χ0v) is 12.4. The summed E-state index contributed by atoms with van der Waals surface area (Å²) in [6.45, 7) is 1.76. The standard InChI is InChI=1S/C17H13N5O/c1-10-8-14(21-22-17(10)23)12-2-3-13-15(9-12)20-16(19-13)11-4-6-18-7-5-11/h2-9H,1H3,(H,19,20)(H,22,23). The summed E-state index contributed by atoms with van der Waals surface area (Å²) in [7, 11) is 0. The van der Waals surface area contributed by atoms with Gasteiger partial charge in [-0.1, -0.05) is 6.07 Å². The summed E-state index contributed by atoms with van der Waals surface area (Å²) >= 11 is 0. The van der Waals surface area contributed by atoms with Crippen molar-refractivity contribution in [2.75, 3.05) is 0 Å². The molecule has 0 aliphatic rings. The van der Waals surface area contributed by atoms with Crippen LogP contribution >= 0.6 is 0 Å². The minimum absolute atomic E-state index is 0.170. The molecule has 0 atom stereocenters. The highest BCUT2D eigenvalue weighted by Gasteiger charge is 2.08. The second kappa shape index (κ2) is 5.17. The van der Waals surface area contributed by atoms with E-state index >= 15 is 0 Å². The van der Waals surface area contributed by atoms with Gasteiger partial charge in [0.05, 0.1) is 16.7 Å². The number of imidazole rings is 1. The number of aromatic amines is 2. The number of H-pyrrole nitrogens is 2. The van der Waals surface area contributed by atoms with Crippen LogP contribution in [0.2, 0.25) is 0 Å². The van der Waals surface area contributed by atoms with Crippen molar-refractivity contribution in [1.29, 1.82) is 0 Å². The molecule has 6 heteroatoms. The summed E-state index contributed by atoms with van der Waals surface area (Å²) in [5, 5.41) is 6.61. The third-order valence-corrected chi connectivity index (χ3v) is 3.72. The molecule has 112 valence electrons. The molecule has 6 nitrogen and oxygen atoms in total. The van der Waals surface area contributed by atoms with Crippen molar-refractivity contribution in [3.8, 4) is 22.6 Å². The summed E-state index contributed by atoms with van der Waals surface area (Å²) in [5.41, 5.74) is 4.89. The molecule has 0 amide bonds. The second-order valence-corrected chi connectivity index (χ2v) is 5.32. The molecule has 4 rings (SSSR count). The van der Waals surface area contributed by atoms with Gasteiger partial charge in [-0.15, -0.1) is 0 Å². The van der Waals surface area contributed by atoms with Crippen molar-refractivity contribution in [2.24, 2.45) is 0 Å². The highest BCUT2D eigenvalue weighted by Crippen LogP contribution is 2.24. The SMILES string of the molecule is Cc1cc(-c2ccc3nc(-c4ccncc4)[nH]c3c2)n[nH]c1=O. The predicted octanol–water partition coefficient (Wildman–Crippen LogP) is 2.68. The summed E-state index contributed by atoms with van der Waals surface area (Å²) in [6.07, 6.45) is 3.47. The van der Waals surface area contributed by atoms with Gasteiger partial charge >= 0.3 is 0 Å². The summed E-state index contributed by atoms with van der Waals surface area (Å²) in [6, 6.07) is 11.5. The highest BCUT2D eigenvalue weighted by atomic mass is 16.1. The maximum Gasteiger partial charge on any atom is 0.267 e. The Morgan fingerprint density at radius 2 is 1.83 bits per heavy atom. The average molecular weight is 303 g/mol. The fraction of sp³-hybridized carbons (Fsp3) is 0.0588. The maximum atomic E-state index is 11.4. The molecule has 0 aliphatic heterocycles. The van der Waals surface area contributed by atoms with E-state index in [1.54, 1.807) is 25.4 Å². The Balaban J connectivity index is 1.82. The van der Waals surface area contributed by atoms with Gasteiger partial charge in [-0.25, -0.2) is 10.1 Å². The smallest absolute Gasteiger partial charge is 0.267 e. The molecule has 3 heterocycles. The Labute approximate surface area is 131 Å². The highest BCUT2D eigenvalue weighted by molar-refractivity contribution is 5.83. The molecule has 0 saturated carbocycles. The third kappa shape index (κ3) is 2.40. The number of hydrogen-bond donors (Lipinski definition) is 2. The zero-order valence-electron chi connectivity index (χ0n) is 12.4. The molecule has 0 spiro atoms. The molecule has 0 saturated heterocycles. The molecular formula is C17H13N5O. The molecular weight excluding hydrogens is 290 g/mol. The Morgan fingerprint density at radius 3 is 2.61 bits per heavy atom. The van der Waals surface area contributed by atoms with E-state index in [0.717, 1.165) is 33.7 Å². The molecule has 23 heavy (non-hydrogen) atoms. The van der Waals surface area contributed by atoms with Crippen molar-refractivity contribution < 1.29 is 0 Å². The van der Waals surface area contributed by atoms with Gasteiger partial charge in [-0.2, -0.15) is 5.10 Å². The van der Waals surface area contributed by atoms with Crippen molar-refractivity contribution >= 4 is 11.0 Å². The van der Waals surface area contributed by atoms with Gasteiger partial charge in [-0.3, -0.25) is 9.78 Å². The molecule has 0 fully saturated rings. The Bertz CT molecular complexity index is 1050. The maximum absolute atomic E-state index is 11.4. The number of hydrogen-bond acceptors (Lipinski definition) is 4. The molecule has 0 aliphatic carbocycles. The van der Waals surface area contributed by atoms with Crippen molar-refractivity contribution in [3.63, 3.8) is 0 Å². The minimum Gasteiger partial charge on any atom is -0.338 e. The topological polar surface area (TPSA) is 87.3 Å². The van der Waals surface area contributed by atoms with Gasteiger partial charge in [0.15, 0.2) is 0 Å². The van der Waals surface area contributed by atoms with Crippen LogP contribution < -0.4 is 5.56 Å². The van der Waals surface area contributed by atoms with Crippen molar-refractivity contribution in [3.05, 3.63) is 64.7 Å². The Kier molecular flexibility index (Phi) is 3.01. The number of aryl methyl sites for hydroxylation is 1. The van der Waals surface area contributed by atoms with Crippen LogP contribution in [0.4, 0.5) is 0 Å². The van der Waals surface area contributed by atoms with Gasteiger partial charge in [0.2, 0.25) is 0 Å². The van der Waals surface area contributed by atoms with Gasteiger partial charge in [0.1, 0.15) is 5.82 Å². The van der Waals surface area contributed by atoms with Crippen LogP contribution in [0, 0.1) is 6.92 Å². The predicted molar refractivity (Wildman–Crippen MR) is 87.9 cm³/mol. The van der Waals surface area contributed by atoms with E-state index in [0.29, 0.717) is 5.56 Å². The number of rotatable bonds is 2. The largest absolute Gasteiger partial charge is 0.338 e. The Morgan fingerprint density at radius 1 is 1.00 bits per heavy atom. The van der Waals surface area contributed by atoms with E-state index in [9.17, 15) is 4.79 Å². The molecule has 0 radical (unpaired) electrons. The van der Waals surface area contributed by atoms with Crippen LogP contribution in [-0.4, -0.2) is 25.1 Å². The first kappa shape index (κ1) is 13.4. The fourth-order valence-corrected chi connectivity index (χ4v) is 2.47. The van der Waals surface area contributed by atoms with Crippen LogP contribution in [0.1, 0.15) is 5.56 Å². The van der Waals surface area contributed by atoms with Crippen LogP contribution in [0.5, 0.6) is 0 Å². The van der Waals surface area contributed by atoms with Crippen LogP contribution in [0.15, 0.2) is 53.6 Å². The zero-order chi connectivity index (χ0) is 15.8. The normalized spacial score (nSPS) is 11.0. The number of aromatic nitrogens is 5. The van der Waals surface area contributed by atoms with Crippen molar-refractivity contribution in [2.45, 2.75) is 6.92 Å². The van der Waals surface area contributed by atoms with E-state index in [4.69, 9.17) is 0 Å². The first-order chi connectivity index (χ1) is 11.2. The van der Waals surface area contributed by atoms with E-state index in [1.807, 2.05) is 30.3 Å². The molecule has 3 aromatic heterocycles. The summed E-state index contributed by atoms with van der Waals surface area (Å²) < 4.78 is 0. The van der Waals surface area contributed by atoms with Gasteiger partial charge in [0.25, 0.3) is 5.56 Å². The van der Waals surface area contributed by atoms with Crippen LogP contribution in [0.3, 0.4) is 0 Å². The van der Waals surface area contributed by atoms with Gasteiger partial charge in [0, 0.05) is 29.1 Å². The summed E-state index contributed by atoms with van der Waals surface area (Å²) in [5.74, 6) is 0.796. The van der Waals surface area contributed by atoms with Crippen LogP contribution in [0.25, 0.3) is 33.7 Å². The monoisotopic (exact) mass is 303 g/mol. The number of fused-ring (bicyclic) bond motifs is 1. The quantitative estimate of drug-likeness (QED) is 0.596. The van der Waals surface area contributed by atoms with Gasteiger partial charge in [-0.05, 0) is 37.3 Å². The van der Waals surface area contributed by atoms with Crippen LogP contribution in [-0.2, 0) is 0 Å². The second-order valence-electron chi connectivity index (χ2n) is 5.32. The van der Waals surface area contributed by atoms with E-state index in [2.05, 4.69) is 25.1 Å². The minimum atomic E-state index is -0.170. The van der Waals surface area contributed by atoms with E-state index in [1.165, 1.54) is 0 Å². The van der Waals surface area contributed by atoms with Gasteiger partial charge < -0.3 is 4.98 Å². The molecule has 0 bridgehead atoms.